The Morgan fingerprint density at radius 3 is 1.70 bits per heavy atom. The zero-order chi connectivity index (χ0) is 16.1. The third kappa shape index (κ3) is 2.84. The highest BCUT2D eigenvalue weighted by atomic mass is 35.5. The first-order chi connectivity index (χ1) is 11.0. The van der Waals surface area contributed by atoms with Crippen LogP contribution >= 0.6 is 23.2 Å². The number of aliphatic imine (C=N–C) groups is 2. The molecule has 128 valence electrons. The molecule has 0 radical (unpaired) electrons. The molecule has 6 nitrogen and oxygen atoms in total. The van der Waals surface area contributed by atoms with E-state index >= 15 is 0 Å². The van der Waals surface area contributed by atoms with Crippen molar-refractivity contribution >= 4 is 34.9 Å². The van der Waals surface area contributed by atoms with E-state index < -0.39 is 0 Å². The molecule has 0 amide bonds. The molecule has 0 saturated heterocycles. The molecule has 0 spiro atoms. The Kier molecular flexibility index (Phi) is 4.20. The number of nitrogens with zero attached hydrogens (tertiary/aromatic N) is 2. The predicted molar refractivity (Wildman–Crippen MR) is 94.6 cm³/mol. The maximum atomic E-state index is 6.28. The smallest absolute Gasteiger partial charge is 0.105 e. The summed E-state index contributed by atoms with van der Waals surface area (Å²) in [6, 6.07) is 0.640. The SMILES string of the molecule is NC1C(Cl)CCC2NC(CC3=NC4C(CCC(Cl)C4N)N3)=NC21. The van der Waals surface area contributed by atoms with Crippen LogP contribution in [0.15, 0.2) is 9.98 Å². The van der Waals surface area contributed by atoms with Gasteiger partial charge in [0.15, 0.2) is 0 Å². The quantitative estimate of drug-likeness (QED) is 0.533. The average molecular weight is 359 g/mol. The van der Waals surface area contributed by atoms with Crippen molar-refractivity contribution < 1.29 is 0 Å². The lowest BCUT2D eigenvalue weighted by Crippen LogP contribution is -2.53. The van der Waals surface area contributed by atoms with Crippen LogP contribution in [0.25, 0.3) is 0 Å². The number of hydrogen-bond acceptors (Lipinski definition) is 6. The van der Waals surface area contributed by atoms with E-state index in [-0.39, 0.29) is 34.9 Å². The molecule has 2 fully saturated rings. The third-order valence-electron chi connectivity index (χ3n) is 5.60. The molecule has 2 aliphatic carbocycles. The minimum absolute atomic E-state index is 0.0182. The van der Waals surface area contributed by atoms with Gasteiger partial charge in [0.05, 0.1) is 41.3 Å². The highest BCUT2D eigenvalue weighted by molar-refractivity contribution is 6.21. The summed E-state index contributed by atoms with van der Waals surface area (Å²) >= 11 is 12.6. The van der Waals surface area contributed by atoms with Crippen molar-refractivity contribution in [1.29, 1.82) is 0 Å². The Hall–Kier alpha value is -0.560. The Morgan fingerprint density at radius 2 is 1.26 bits per heavy atom. The number of rotatable bonds is 2. The highest BCUT2D eigenvalue weighted by Gasteiger charge is 2.43. The molecule has 0 aromatic rings. The van der Waals surface area contributed by atoms with Gasteiger partial charge in [0.25, 0.3) is 0 Å². The Balaban J connectivity index is 1.43. The van der Waals surface area contributed by atoms with Gasteiger partial charge in [0.2, 0.25) is 0 Å². The van der Waals surface area contributed by atoms with Gasteiger partial charge in [0, 0.05) is 12.1 Å². The van der Waals surface area contributed by atoms with Crippen molar-refractivity contribution in [3.05, 3.63) is 0 Å². The molecule has 8 atom stereocenters. The molecule has 23 heavy (non-hydrogen) atoms. The first-order valence-corrected chi connectivity index (χ1v) is 9.36. The lowest BCUT2D eigenvalue weighted by Gasteiger charge is -2.33. The minimum atomic E-state index is -0.0769. The molecule has 0 bridgehead atoms. The van der Waals surface area contributed by atoms with Gasteiger partial charge < -0.3 is 22.1 Å². The van der Waals surface area contributed by atoms with E-state index in [1.54, 1.807) is 0 Å². The summed E-state index contributed by atoms with van der Waals surface area (Å²) in [6.45, 7) is 0. The first kappa shape index (κ1) is 15.9. The van der Waals surface area contributed by atoms with Crippen LogP contribution in [0.2, 0.25) is 0 Å². The summed E-state index contributed by atoms with van der Waals surface area (Å²) in [4.78, 5) is 9.55. The number of nitrogens with one attached hydrogen (secondary N) is 2. The van der Waals surface area contributed by atoms with E-state index in [4.69, 9.17) is 44.7 Å². The van der Waals surface area contributed by atoms with Crippen molar-refractivity contribution in [1.82, 2.24) is 10.6 Å². The van der Waals surface area contributed by atoms with E-state index in [1.165, 1.54) is 0 Å². The molecule has 0 aromatic heterocycles. The van der Waals surface area contributed by atoms with Crippen LogP contribution in [0.3, 0.4) is 0 Å². The molecule has 0 aromatic carbocycles. The second kappa shape index (κ2) is 6.06. The second-order valence-corrected chi connectivity index (χ2v) is 8.27. The fourth-order valence-corrected chi connectivity index (χ4v) is 4.80. The maximum Gasteiger partial charge on any atom is 0.105 e. The predicted octanol–water partition coefficient (Wildman–Crippen LogP) is 0.311. The molecule has 2 aliphatic heterocycles. The van der Waals surface area contributed by atoms with E-state index in [0.717, 1.165) is 37.4 Å². The molecule has 8 heteroatoms. The maximum absolute atomic E-state index is 6.28. The highest BCUT2D eigenvalue weighted by Crippen LogP contribution is 2.30. The number of halogens is 2. The van der Waals surface area contributed by atoms with Gasteiger partial charge in [-0.25, -0.2) is 0 Å². The first-order valence-electron chi connectivity index (χ1n) is 8.48. The molecular weight excluding hydrogens is 335 g/mol. The molecule has 4 rings (SSSR count). The van der Waals surface area contributed by atoms with Gasteiger partial charge in [0.1, 0.15) is 11.7 Å². The van der Waals surface area contributed by atoms with Gasteiger partial charge in [-0.05, 0) is 25.7 Å². The Labute approximate surface area is 146 Å². The summed E-state index contributed by atoms with van der Waals surface area (Å²) in [7, 11) is 0. The standard InChI is InChI=1S/C15H24Cl2N6/c16-6-1-3-8-14(12(6)18)22-10(20-8)5-11-21-9-4-2-7(17)13(19)15(9)23-11/h6-9,12-15H,1-5,18-19H2,(H,20,22)(H,21,23). The monoisotopic (exact) mass is 358 g/mol. The van der Waals surface area contributed by atoms with Gasteiger partial charge in [-0.15, -0.1) is 23.2 Å². The van der Waals surface area contributed by atoms with Gasteiger partial charge >= 0.3 is 0 Å². The van der Waals surface area contributed by atoms with Crippen LogP contribution in [0.4, 0.5) is 0 Å². The summed E-state index contributed by atoms with van der Waals surface area (Å²) in [6.07, 6.45) is 4.59. The summed E-state index contributed by atoms with van der Waals surface area (Å²) in [5, 5.41) is 7.05. The summed E-state index contributed by atoms with van der Waals surface area (Å²) in [5.74, 6) is 1.92. The zero-order valence-electron chi connectivity index (χ0n) is 13.0. The van der Waals surface area contributed by atoms with Crippen LogP contribution in [0, 0.1) is 0 Å². The summed E-state index contributed by atoms with van der Waals surface area (Å²) < 4.78 is 0. The zero-order valence-corrected chi connectivity index (χ0v) is 14.5. The number of fused-ring (bicyclic) bond motifs is 2. The lowest BCUT2D eigenvalue weighted by atomic mass is 9.87. The van der Waals surface area contributed by atoms with Crippen molar-refractivity contribution in [3.8, 4) is 0 Å². The van der Waals surface area contributed by atoms with E-state index in [9.17, 15) is 0 Å². The Morgan fingerprint density at radius 1 is 0.826 bits per heavy atom. The summed E-state index contributed by atoms with van der Waals surface area (Å²) in [5.41, 5.74) is 12.4. The Bertz CT molecular complexity index is 492. The van der Waals surface area contributed by atoms with E-state index in [2.05, 4.69) is 10.6 Å². The topological polar surface area (TPSA) is 101 Å². The van der Waals surface area contributed by atoms with Crippen LogP contribution in [-0.2, 0) is 0 Å². The molecule has 2 saturated carbocycles. The largest absolute Gasteiger partial charge is 0.368 e. The van der Waals surface area contributed by atoms with Gasteiger partial charge in [-0.1, -0.05) is 0 Å². The number of nitrogens with two attached hydrogens (primary N) is 2. The van der Waals surface area contributed by atoms with Crippen molar-refractivity contribution in [2.45, 2.75) is 79.1 Å². The minimum Gasteiger partial charge on any atom is -0.368 e. The van der Waals surface area contributed by atoms with E-state index in [1.807, 2.05) is 0 Å². The lowest BCUT2D eigenvalue weighted by molar-refractivity contribution is 0.345. The normalized spacial score (nSPS) is 48.7. The molecule has 8 unspecified atom stereocenters. The average Bonchev–Trinajstić information content (AvgIpc) is 3.12. The van der Waals surface area contributed by atoms with Crippen molar-refractivity contribution in [2.24, 2.45) is 21.5 Å². The molecule has 4 aliphatic rings. The van der Waals surface area contributed by atoms with E-state index in [0.29, 0.717) is 18.5 Å². The molecule has 6 N–H and O–H groups in total. The second-order valence-electron chi connectivity index (χ2n) is 7.15. The third-order valence-corrected chi connectivity index (χ3v) is 6.62. The number of hydrogen-bond donors (Lipinski definition) is 4. The number of alkyl halides is 2. The van der Waals surface area contributed by atoms with Crippen LogP contribution < -0.4 is 22.1 Å². The van der Waals surface area contributed by atoms with Gasteiger partial charge in [-0.3, -0.25) is 9.98 Å². The van der Waals surface area contributed by atoms with Crippen LogP contribution in [0.5, 0.6) is 0 Å². The fourth-order valence-electron chi connectivity index (χ4n) is 4.25. The van der Waals surface area contributed by atoms with Crippen molar-refractivity contribution in [3.63, 3.8) is 0 Å². The molecular formula is C15H24Cl2N6. The van der Waals surface area contributed by atoms with Crippen molar-refractivity contribution in [2.75, 3.05) is 0 Å². The molecule has 2 heterocycles. The van der Waals surface area contributed by atoms with Crippen LogP contribution in [0.1, 0.15) is 32.1 Å². The van der Waals surface area contributed by atoms with Crippen LogP contribution in [-0.4, -0.2) is 58.7 Å². The number of amidine groups is 2. The van der Waals surface area contributed by atoms with Gasteiger partial charge in [-0.2, -0.15) is 0 Å². The fraction of sp³-hybridized carbons (Fsp3) is 0.867.